The van der Waals surface area contributed by atoms with Crippen LogP contribution in [0, 0.1) is 5.41 Å². The molecular formula is C14H19NO2S. The molecule has 1 saturated heterocycles. The zero-order chi connectivity index (χ0) is 13.8. The van der Waals surface area contributed by atoms with E-state index >= 15 is 0 Å². The third kappa shape index (κ3) is 2.43. The highest BCUT2D eigenvalue weighted by molar-refractivity contribution is 8.04. The Morgan fingerprint density at radius 2 is 2.17 bits per heavy atom. The Morgan fingerprint density at radius 1 is 1.50 bits per heavy atom. The molecule has 1 unspecified atom stereocenters. The topological polar surface area (TPSA) is 37.4 Å². The van der Waals surface area contributed by atoms with Crippen molar-refractivity contribution in [2.45, 2.75) is 13.3 Å². The predicted molar refractivity (Wildman–Crippen MR) is 76.3 cm³/mol. The molecule has 1 aliphatic rings. The highest BCUT2D eigenvalue weighted by Crippen LogP contribution is 2.44. The smallest absolute Gasteiger partial charge is 0.237 e. The van der Waals surface area contributed by atoms with E-state index in [2.05, 4.69) is 13.2 Å². The quantitative estimate of drug-likeness (QED) is 0.435. The first kappa shape index (κ1) is 14.8. The highest BCUT2D eigenvalue weighted by Gasteiger charge is 2.51. The lowest BCUT2D eigenvalue weighted by Gasteiger charge is -2.28. The van der Waals surface area contributed by atoms with Gasteiger partial charge in [0.15, 0.2) is 5.78 Å². The fraction of sp³-hybridized carbons (Fsp3) is 0.429. The van der Waals surface area contributed by atoms with Crippen LogP contribution in [0.1, 0.15) is 13.3 Å². The summed E-state index contributed by atoms with van der Waals surface area (Å²) < 4.78 is 0. The largest absolute Gasteiger partial charge is 0.341 e. The summed E-state index contributed by atoms with van der Waals surface area (Å²) in [5, 5.41) is 0. The molecule has 0 aromatic carbocycles. The molecule has 0 saturated carbocycles. The molecule has 0 spiro atoms. The molecule has 0 aromatic rings. The molecule has 18 heavy (non-hydrogen) atoms. The van der Waals surface area contributed by atoms with Gasteiger partial charge < -0.3 is 4.90 Å². The van der Waals surface area contributed by atoms with Gasteiger partial charge in [0, 0.05) is 24.3 Å². The number of hydrogen-bond donors (Lipinski definition) is 0. The Morgan fingerprint density at radius 3 is 2.61 bits per heavy atom. The van der Waals surface area contributed by atoms with Gasteiger partial charge >= 0.3 is 0 Å². The number of likely N-dealkylation sites (N-methyl/N-ethyl adjacent to an activating group) is 1. The van der Waals surface area contributed by atoms with Crippen molar-refractivity contribution < 1.29 is 9.59 Å². The molecule has 1 atom stereocenters. The van der Waals surface area contributed by atoms with Gasteiger partial charge in [-0.1, -0.05) is 18.2 Å². The fourth-order valence-corrected chi connectivity index (χ4v) is 3.34. The molecule has 0 N–H and O–H groups in total. The van der Waals surface area contributed by atoms with Gasteiger partial charge in [0.05, 0.1) is 0 Å². The first-order valence-electron chi connectivity index (χ1n) is 5.84. The second kappa shape index (κ2) is 6.05. The van der Waals surface area contributed by atoms with E-state index in [9.17, 15) is 9.59 Å². The molecule has 0 aromatic heterocycles. The number of Topliss-reactive ketones (excluding diaryl/α,β-unsaturated/α-hetero) is 1. The summed E-state index contributed by atoms with van der Waals surface area (Å²) in [6.45, 7) is 9.55. The molecular weight excluding hydrogens is 246 g/mol. The second-order valence-electron chi connectivity index (χ2n) is 4.32. The molecule has 0 aliphatic carbocycles. The molecule has 1 amide bonds. The number of thioether (sulfide) groups is 1. The van der Waals surface area contributed by atoms with E-state index in [1.54, 1.807) is 30.2 Å². The minimum absolute atomic E-state index is 0.0733. The number of hydrogen-bond acceptors (Lipinski definition) is 3. The normalized spacial score (nSPS) is 25.2. The van der Waals surface area contributed by atoms with E-state index < -0.39 is 5.41 Å². The minimum atomic E-state index is -0.966. The van der Waals surface area contributed by atoms with Crippen LogP contribution < -0.4 is 0 Å². The van der Waals surface area contributed by atoms with Crippen LogP contribution in [0.5, 0.6) is 0 Å². The van der Waals surface area contributed by atoms with E-state index in [1.165, 1.54) is 11.8 Å². The minimum Gasteiger partial charge on any atom is -0.341 e. The summed E-state index contributed by atoms with van der Waals surface area (Å²) in [7, 11) is 1.69. The number of carbonyl (C=O) groups excluding carboxylic acids is 2. The zero-order valence-electron chi connectivity index (χ0n) is 10.9. The Bertz CT molecular complexity index is 414. The summed E-state index contributed by atoms with van der Waals surface area (Å²) >= 11 is 1.45. The van der Waals surface area contributed by atoms with Crippen LogP contribution in [0.15, 0.2) is 36.3 Å². The lowest BCUT2D eigenvalue weighted by atomic mass is 9.80. The first-order valence-corrected chi connectivity index (χ1v) is 6.83. The van der Waals surface area contributed by atoms with Crippen LogP contribution in [0.4, 0.5) is 0 Å². The van der Waals surface area contributed by atoms with Crippen molar-refractivity contribution in [3.63, 3.8) is 0 Å². The van der Waals surface area contributed by atoms with Gasteiger partial charge in [-0.3, -0.25) is 9.59 Å². The summed E-state index contributed by atoms with van der Waals surface area (Å²) in [6, 6.07) is 0. The maximum Gasteiger partial charge on any atom is 0.237 e. The van der Waals surface area contributed by atoms with Gasteiger partial charge in [0.25, 0.3) is 0 Å². The van der Waals surface area contributed by atoms with E-state index in [1.807, 2.05) is 6.92 Å². The summed E-state index contributed by atoms with van der Waals surface area (Å²) in [4.78, 5) is 27.1. The summed E-state index contributed by atoms with van der Waals surface area (Å²) in [5.74, 6) is 0.283. The third-order valence-corrected chi connectivity index (χ3v) is 4.42. The Labute approximate surface area is 113 Å². The second-order valence-corrected chi connectivity index (χ2v) is 5.34. The molecule has 4 heteroatoms. The van der Waals surface area contributed by atoms with Gasteiger partial charge in [-0.2, -0.15) is 0 Å². The average Bonchev–Trinajstić information content (AvgIpc) is 2.67. The molecule has 98 valence electrons. The first-order chi connectivity index (χ1) is 8.53. The fourth-order valence-electron chi connectivity index (χ4n) is 2.07. The number of carbonyl (C=O) groups is 2. The van der Waals surface area contributed by atoms with Crippen LogP contribution >= 0.6 is 11.8 Å². The highest BCUT2D eigenvalue weighted by atomic mass is 32.2. The number of allylic oxidation sites excluding steroid dienone is 3. The maximum atomic E-state index is 12.5. The van der Waals surface area contributed by atoms with Crippen LogP contribution in [0.2, 0.25) is 0 Å². The van der Waals surface area contributed by atoms with Gasteiger partial charge in [0.1, 0.15) is 5.41 Å². The number of ketones is 1. The number of nitrogens with zero attached hydrogens (tertiary/aromatic N) is 1. The third-order valence-electron chi connectivity index (χ3n) is 3.05. The molecule has 0 radical (unpaired) electrons. The van der Waals surface area contributed by atoms with Crippen LogP contribution in [0.3, 0.4) is 0 Å². The van der Waals surface area contributed by atoms with Crippen molar-refractivity contribution in [3.8, 4) is 0 Å². The molecule has 1 heterocycles. The molecule has 1 aliphatic heterocycles. The van der Waals surface area contributed by atoms with Crippen molar-refractivity contribution in [1.82, 2.24) is 4.90 Å². The van der Waals surface area contributed by atoms with E-state index in [4.69, 9.17) is 0 Å². The summed E-state index contributed by atoms with van der Waals surface area (Å²) in [6.07, 6.45) is 5.47. The standard InChI is InChI=1S/C14H19NO2S/c1-5-8-14(13(17)15(4)9-6-2)10-18-11(7-3)12(14)16/h5-7H,1-2,8-10H2,3-4H3/b11-7-. The Hall–Kier alpha value is -1.29. The maximum absolute atomic E-state index is 12.5. The lowest BCUT2D eigenvalue weighted by Crippen LogP contribution is -2.46. The van der Waals surface area contributed by atoms with Crippen LogP contribution in [0.25, 0.3) is 0 Å². The van der Waals surface area contributed by atoms with Gasteiger partial charge in [-0.05, 0) is 13.3 Å². The lowest BCUT2D eigenvalue weighted by molar-refractivity contribution is -0.144. The van der Waals surface area contributed by atoms with Crippen molar-refractivity contribution in [3.05, 3.63) is 36.3 Å². The van der Waals surface area contributed by atoms with Crippen LogP contribution in [-0.4, -0.2) is 35.9 Å². The Kier molecular flexibility index (Phi) is 4.96. The van der Waals surface area contributed by atoms with Crippen molar-refractivity contribution >= 4 is 23.5 Å². The van der Waals surface area contributed by atoms with E-state index in [0.717, 1.165) is 0 Å². The SMILES string of the molecule is C=CCN(C)C(=O)C1(CC=C)CS/C(=C\C)C1=O. The Balaban J connectivity index is 3.09. The monoisotopic (exact) mass is 265 g/mol. The van der Waals surface area contributed by atoms with Gasteiger partial charge in [-0.15, -0.1) is 24.9 Å². The molecule has 1 fully saturated rings. The van der Waals surface area contributed by atoms with Gasteiger partial charge in [-0.25, -0.2) is 0 Å². The number of rotatable bonds is 5. The number of amides is 1. The van der Waals surface area contributed by atoms with Gasteiger partial charge in [0.2, 0.25) is 5.91 Å². The molecule has 1 rings (SSSR count). The van der Waals surface area contributed by atoms with E-state index in [0.29, 0.717) is 23.6 Å². The summed E-state index contributed by atoms with van der Waals surface area (Å²) in [5.41, 5.74) is -0.966. The van der Waals surface area contributed by atoms with Crippen LogP contribution in [-0.2, 0) is 9.59 Å². The van der Waals surface area contributed by atoms with E-state index in [-0.39, 0.29) is 11.7 Å². The van der Waals surface area contributed by atoms with Crippen molar-refractivity contribution in [2.75, 3.05) is 19.3 Å². The molecule has 3 nitrogen and oxygen atoms in total. The zero-order valence-corrected chi connectivity index (χ0v) is 11.8. The van der Waals surface area contributed by atoms with Crippen molar-refractivity contribution in [2.24, 2.45) is 5.41 Å². The average molecular weight is 265 g/mol. The van der Waals surface area contributed by atoms with Crippen molar-refractivity contribution in [1.29, 1.82) is 0 Å². The molecule has 0 bridgehead atoms. The predicted octanol–water partition coefficient (Wildman–Crippen LogP) is 2.41.